The number of aromatic nitrogens is 3. The predicted octanol–water partition coefficient (Wildman–Crippen LogP) is -0.548. The predicted molar refractivity (Wildman–Crippen MR) is 68.5 cm³/mol. The van der Waals surface area contributed by atoms with Crippen molar-refractivity contribution in [3.05, 3.63) is 20.7 Å². The van der Waals surface area contributed by atoms with Crippen molar-refractivity contribution in [3.63, 3.8) is 0 Å². The van der Waals surface area contributed by atoms with Crippen LogP contribution in [0.2, 0.25) is 0 Å². The van der Waals surface area contributed by atoms with E-state index in [1.54, 1.807) is 7.05 Å². The van der Waals surface area contributed by atoms with Crippen molar-refractivity contribution >= 4 is 11.8 Å². The van der Waals surface area contributed by atoms with E-state index in [0.717, 1.165) is 13.0 Å². The smallest absolute Gasteiger partial charge is 0.301 e. The number of H-pyrrole nitrogens is 1. The number of aromatic amines is 1. The second-order valence-corrected chi connectivity index (χ2v) is 4.63. The van der Waals surface area contributed by atoms with Crippen molar-refractivity contribution < 1.29 is 0 Å². The molecule has 98 valence electrons. The maximum atomic E-state index is 11.1. The van der Waals surface area contributed by atoms with Gasteiger partial charge < -0.3 is 5.32 Å². The molecule has 0 aliphatic carbocycles. The highest BCUT2D eigenvalue weighted by Crippen LogP contribution is 2.12. The van der Waals surface area contributed by atoms with Crippen molar-refractivity contribution in [2.75, 3.05) is 12.3 Å². The summed E-state index contributed by atoms with van der Waals surface area (Å²) in [5.74, 6) is 0.461. The summed E-state index contributed by atoms with van der Waals surface area (Å²) in [5.41, 5.74) is -1.56. The normalized spacial score (nSPS) is 12.1. The summed E-state index contributed by atoms with van der Waals surface area (Å²) in [6.07, 6.45) is 0.943. The Labute approximate surface area is 108 Å². The van der Waals surface area contributed by atoms with Gasteiger partial charge in [0.2, 0.25) is 0 Å². The molecule has 1 unspecified atom stereocenters. The van der Waals surface area contributed by atoms with E-state index < -0.39 is 11.1 Å². The summed E-state index contributed by atoms with van der Waals surface area (Å²) in [7, 11) is 1.59. The quantitative estimate of drug-likeness (QED) is 0.530. The Balaban J connectivity index is 2.68. The summed E-state index contributed by atoms with van der Waals surface area (Å²) >= 11 is 1.25. The van der Waals surface area contributed by atoms with E-state index in [-0.39, 0.29) is 6.04 Å². The van der Waals surface area contributed by atoms with Crippen LogP contribution in [0.25, 0.3) is 0 Å². The molecule has 8 heteroatoms. The fraction of sp³-hybridized carbons (Fsp3) is 0.600. The monoisotopic (exact) mass is 269 g/mol. The van der Waals surface area contributed by atoms with Crippen molar-refractivity contribution in [1.82, 2.24) is 20.1 Å². The molecule has 0 amide bonds. The van der Waals surface area contributed by atoms with E-state index >= 15 is 0 Å². The third kappa shape index (κ3) is 4.01. The summed E-state index contributed by atoms with van der Waals surface area (Å²) in [6, 6.07) is 1.83. The minimum absolute atomic E-state index is 0.307. The number of aryl methyl sites for hydroxylation is 1. The van der Waals surface area contributed by atoms with E-state index in [1.807, 2.05) is 6.92 Å². The number of hydrogen-bond acceptors (Lipinski definition) is 6. The zero-order chi connectivity index (χ0) is 13.5. The number of rotatable bonds is 6. The van der Waals surface area contributed by atoms with E-state index in [0.29, 0.717) is 10.9 Å². The van der Waals surface area contributed by atoms with Crippen LogP contribution in [0.5, 0.6) is 0 Å². The number of nitriles is 1. The van der Waals surface area contributed by atoms with Crippen LogP contribution in [0.3, 0.4) is 0 Å². The van der Waals surface area contributed by atoms with Crippen LogP contribution >= 0.6 is 11.8 Å². The van der Waals surface area contributed by atoms with Gasteiger partial charge in [-0.2, -0.15) is 10.2 Å². The maximum absolute atomic E-state index is 11.1. The molecular weight excluding hydrogens is 254 g/mol. The first-order chi connectivity index (χ1) is 8.58. The van der Waals surface area contributed by atoms with E-state index in [4.69, 9.17) is 5.26 Å². The van der Waals surface area contributed by atoms with E-state index in [2.05, 4.69) is 21.5 Å². The Kier molecular flexibility index (Phi) is 5.61. The molecule has 0 aliphatic rings. The topological polar surface area (TPSA) is 104 Å². The van der Waals surface area contributed by atoms with Gasteiger partial charge >= 0.3 is 11.1 Å². The Morgan fingerprint density at radius 1 is 1.61 bits per heavy atom. The van der Waals surface area contributed by atoms with Crippen LogP contribution in [0.15, 0.2) is 14.7 Å². The number of thioether (sulfide) groups is 1. The summed E-state index contributed by atoms with van der Waals surface area (Å²) in [6.45, 7) is 2.78. The fourth-order valence-electron chi connectivity index (χ4n) is 1.21. The largest absolute Gasteiger partial charge is 0.339 e. The standard InChI is InChI=1S/C10H15N5O2S/c1-3-4-12-7(5-11)6-18-10-13-8(16)9(17)14-15(10)2/h7,12H,3-4,6H2,1-2H3,(H,14,17). The second kappa shape index (κ2) is 6.98. The first kappa shape index (κ1) is 14.5. The SMILES string of the molecule is CCCNC(C#N)CSc1nc(=O)c(=O)[nH]n1C. The molecule has 1 atom stereocenters. The van der Waals surface area contributed by atoms with Crippen LogP contribution in [0.1, 0.15) is 13.3 Å². The van der Waals surface area contributed by atoms with Gasteiger partial charge in [0.15, 0.2) is 5.16 Å². The molecule has 0 fully saturated rings. The fourth-order valence-corrected chi connectivity index (χ4v) is 2.10. The van der Waals surface area contributed by atoms with Gasteiger partial charge in [-0.05, 0) is 13.0 Å². The average molecular weight is 269 g/mol. The molecule has 0 saturated heterocycles. The molecule has 0 aliphatic heterocycles. The Bertz CT molecular complexity index is 544. The van der Waals surface area contributed by atoms with Crippen LogP contribution in [-0.4, -0.2) is 33.1 Å². The number of hydrogen-bond donors (Lipinski definition) is 2. The number of nitrogens with one attached hydrogen (secondary N) is 2. The lowest BCUT2D eigenvalue weighted by Gasteiger charge is -2.10. The van der Waals surface area contributed by atoms with Crippen LogP contribution in [0, 0.1) is 11.3 Å². The van der Waals surface area contributed by atoms with Crippen LogP contribution < -0.4 is 16.4 Å². The van der Waals surface area contributed by atoms with Gasteiger partial charge in [-0.1, -0.05) is 18.7 Å². The van der Waals surface area contributed by atoms with Crippen molar-refractivity contribution in [2.45, 2.75) is 24.5 Å². The molecular formula is C10H15N5O2S. The van der Waals surface area contributed by atoms with E-state index in [1.165, 1.54) is 16.4 Å². The zero-order valence-corrected chi connectivity index (χ0v) is 11.1. The molecule has 0 spiro atoms. The van der Waals surface area contributed by atoms with Crippen molar-refractivity contribution in [2.24, 2.45) is 7.05 Å². The first-order valence-electron chi connectivity index (χ1n) is 5.51. The lowest BCUT2D eigenvalue weighted by Crippen LogP contribution is -2.35. The minimum Gasteiger partial charge on any atom is -0.301 e. The van der Waals surface area contributed by atoms with Gasteiger partial charge in [0.05, 0.1) is 6.07 Å². The molecule has 0 saturated carbocycles. The Morgan fingerprint density at radius 2 is 2.33 bits per heavy atom. The molecule has 18 heavy (non-hydrogen) atoms. The highest BCUT2D eigenvalue weighted by atomic mass is 32.2. The lowest BCUT2D eigenvalue weighted by molar-refractivity contribution is 0.593. The Hall–Kier alpha value is -1.59. The maximum Gasteiger partial charge on any atom is 0.339 e. The molecule has 0 bridgehead atoms. The molecule has 2 N–H and O–H groups in total. The second-order valence-electron chi connectivity index (χ2n) is 3.65. The first-order valence-corrected chi connectivity index (χ1v) is 6.50. The molecule has 1 heterocycles. The third-order valence-corrected chi connectivity index (χ3v) is 3.25. The van der Waals surface area contributed by atoms with Crippen molar-refractivity contribution in [3.8, 4) is 6.07 Å². The van der Waals surface area contributed by atoms with Crippen LogP contribution in [0.4, 0.5) is 0 Å². The molecule has 1 rings (SSSR count). The molecule has 1 aromatic heterocycles. The third-order valence-electron chi connectivity index (χ3n) is 2.12. The highest BCUT2D eigenvalue weighted by Gasteiger charge is 2.10. The van der Waals surface area contributed by atoms with Gasteiger partial charge in [-0.25, -0.2) is 0 Å². The number of nitrogens with zero attached hydrogens (tertiary/aromatic N) is 3. The van der Waals surface area contributed by atoms with Crippen molar-refractivity contribution in [1.29, 1.82) is 5.26 Å². The van der Waals surface area contributed by atoms with Gasteiger partial charge in [0, 0.05) is 12.8 Å². The molecule has 0 radical (unpaired) electrons. The van der Waals surface area contributed by atoms with Gasteiger partial charge in [0.25, 0.3) is 0 Å². The minimum atomic E-state index is -0.814. The Morgan fingerprint density at radius 3 is 2.94 bits per heavy atom. The van der Waals surface area contributed by atoms with E-state index in [9.17, 15) is 9.59 Å². The molecule has 7 nitrogen and oxygen atoms in total. The lowest BCUT2D eigenvalue weighted by atomic mass is 10.3. The summed E-state index contributed by atoms with van der Waals surface area (Å²) < 4.78 is 1.38. The summed E-state index contributed by atoms with van der Waals surface area (Å²) in [5, 5.41) is 14.7. The van der Waals surface area contributed by atoms with Gasteiger partial charge in [-0.3, -0.25) is 19.4 Å². The average Bonchev–Trinajstić information content (AvgIpc) is 2.35. The summed E-state index contributed by atoms with van der Waals surface area (Å²) in [4.78, 5) is 25.8. The van der Waals surface area contributed by atoms with Crippen LogP contribution in [-0.2, 0) is 7.05 Å². The molecule has 0 aromatic carbocycles. The van der Waals surface area contributed by atoms with Gasteiger partial charge in [-0.15, -0.1) is 0 Å². The highest BCUT2D eigenvalue weighted by molar-refractivity contribution is 7.99. The van der Waals surface area contributed by atoms with Gasteiger partial charge in [0.1, 0.15) is 6.04 Å². The zero-order valence-electron chi connectivity index (χ0n) is 10.3. The molecule has 1 aromatic rings.